The predicted molar refractivity (Wildman–Crippen MR) is 94.0 cm³/mol. The molecule has 1 aliphatic heterocycles. The van der Waals surface area contributed by atoms with Gasteiger partial charge in [-0.2, -0.15) is 21.8 Å². The summed E-state index contributed by atoms with van der Waals surface area (Å²) in [5, 5.41) is -0.486. The smallest absolute Gasteiger partial charge is 0.426 e. The summed E-state index contributed by atoms with van der Waals surface area (Å²) in [5.41, 5.74) is 5.88. The minimum Gasteiger partial charge on any atom is -0.452 e. The molecule has 0 atom stereocenters. The lowest BCUT2D eigenvalue weighted by atomic mass is 9.93. The second-order valence-electron chi connectivity index (χ2n) is 5.73. The van der Waals surface area contributed by atoms with Gasteiger partial charge in [-0.05, 0) is 18.2 Å². The number of hydrogen-bond acceptors (Lipinski definition) is 9. The number of amides is 3. The van der Waals surface area contributed by atoms with Gasteiger partial charge in [0.25, 0.3) is 32.1 Å². The first-order valence-electron chi connectivity index (χ1n) is 7.36. The molecular formula is C14H11N3O10S2. The number of carbonyl (C=O) groups excluding carboxylic acids is 3. The van der Waals surface area contributed by atoms with E-state index in [-0.39, 0.29) is 10.4 Å². The van der Waals surface area contributed by atoms with Crippen LogP contribution in [0.5, 0.6) is 0 Å². The molecule has 0 radical (unpaired) electrons. The van der Waals surface area contributed by atoms with Crippen molar-refractivity contribution in [2.24, 2.45) is 0 Å². The Morgan fingerprint density at radius 2 is 1.59 bits per heavy atom. The number of anilines is 1. The molecule has 154 valence electrons. The number of nitrogens with zero attached hydrogens (tertiary/aromatic N) is 1. The van der Waals surface area contributed by atoms with E-state index in [1.54, 1.807) is 5.43 Å². The van der Waals surface area contributed by atoms with Gasteiger partial charge in [-0.25, -0.2) is 10.2 Å². The quantitative estimate of drug-likeness (QED) is 0.275. The lowest BCUT2D eigenvalue weighted by Gasteiger charge is -2.27. The Kier molecular flexibility index (Phi) is 4.50. The van der Waals surface area contributed by atoms with Gasteiger partial charge in [0.2, 0.25) is 0 Å². The van der Waals surface area contributed by atoms with Crippen molar-refractivity contribution in [1.82, 2.24) is 10.4 Å². The molecule has 3 amide bonds. The number of methoxy groups -OCH3 is 1. The maximum Gasteiger partial charge on any atom is 0.426 e. The summed E-state index contributed by atoms with van der Waals surface area (Å²) in [4.78, 5) is 35.0. The van der Waals surface area contributed by atoms with E-state index in [1.807, 2.05) is 0 Å². The minimum absolute atomic E-state index is 0.153. The van der Waals surface area contributed by atoms with Crippen molar-refractivity contribution in [3.63, 3.8) is 0 Å². The number of imide groups is 1. The lowest BCUT2D eigenvalue weighted by Crippen LogP contribution is -2.51. The Balaban J connectivity index is 2.49. The zero-order valence-corrected chi connectivity index (χ0v) is 15.9. The third-order valence-electron chi connectivity index (χ3n) is 4.04. The van der Waals surface area contributed by atoms with E-state index in [1.165, 1.54) is 0 Å². The summed E-state index contributed by atoms with van der Waals surface area (Å²) in [6.07, 6.45) is -1.23. The van der Waals surface area contributed by atoms with Gasteiger partial charge in [0.05, 0.1) is 28.8 Å². The maximum absolute atomic E-state index is 12.7. The van der Waals surface area contributed by atoms with E-state index in [9.17, 15) is 40.3 Å². The van der Waals surface area contributed by atoms with Crippen molar-refractivity contribution < 1.29 is 45.1 Å². The third-order valence-corrected chi connectivity index (χ3v) is 5.77. The van der Waals surface area contributed by atoms with Crippen molar-refractivity contribution in [2.45, 2.75) is 9.79 Å². The molecule has 0 aromatic heterocycles. The van der Waals surface area contributed by atoms with Crippen LogP contribution in [-0.2, 0) is 25.0 Å². The van der Waals surface area contributed by atoms with Crippen LogP contribution in [0, 0.1) is 0 Å². The lowest BCUT2D eigenvalue weighted by molar-refractivity contribution is 0.0502. The van der Waals surface area contributed by atoms with Crippen molar-refractivity contribution in [2.75, 3.05) is 12.8 Å². The van der Waals surface area contributed by atoms with Crippen LogP contribution in [0.4, 0.5) is 10.5 Å². The van der Waals surface area contributed by atoms with Gasteiger partial charge < -0.3 is 10.5 Å². The van der Waals surface area contributed by atoms with Crippen LogP contribution in [-0.4, -0.2) is 56.0 Å². The highest BCUT2D eigenvalue weighted by Gasteiger charge is 2.38. The highest BCUT2D eigenvalue weighted by atomic mass is 32.2. The zero-order chi connectivity index (χ0) is 21.9. The number of nitrogens with one attached hydrogen (secondary N) is 1. The minimum atomic E-state index is -4.98. The number of hydrazine groups is 1. The maximum atomic E-state index is 12.7. The van der Waals surface area contributed by atoms with Crippen LogP contribution in [0.15, 0.2) is 28.0 Å². The standard InChI is InChI=1S/C14H11N3O10S2/c1-27-14(20)16-17-12(18)7-3-5(28(21,22)23)2-6-10(7)8(13(17)19)4-9(11(6)15)29(24,25)26/h2-4H,15H2,1H3,(H,16,20)(H,21,22,23)(H,24,25,26). The first-order chi connectivity index (χ1) is 13.3. The van der Waals surface area contributed by atoms with Gasteiger partial charge in [-0.1, -0.05) is 0 Å². The van der Waals surface area contributed by atoms with Crippen LogP contribution in [0.2, 0.25) is 0 Å². The van der Waals surface area contributed by atoms with Crippen molar-refractivity contribution >= 4 is 54.6 Å². The molecule has 0 bridgehead atoms. The molecule has 2 aromatic rings. The Hall–Kier alpha value is -3.27. The molecular weight excluding hydrogens is 434 g/mol. The summed E-state index contributed by atoms with van der Waals surface area (Å²) >= 11 is 0. The van der Waals surface area contributed by atoms with Gasteiger partial charge in [0.15, 0.2) is 0 Å². The van der Waals surface area contributed by atoms with Gasteiger partial charge in [0.1, 0.15) is 4.90 Å². The highest BCUT2D eigenvalue weighted by molar-refractivity contribution is 7.86. The fraction of sp³-hybridized carbons (Fsp3) is 0.0714. The second kappa shape index (κ2) is 6.38. The van der Waals surface area contributed by atoms with Crippen LogP contribution in [0.25, 0.3) is 10.8 Å². The topological polar surface area (TPSA) is 210 Å². The van der Waals surface area contributed by atoms with E-state index in [4.69, 9.17) is 5.73 Å². The monoisotopic (exact) mass is 445 g/mol. The molecule has 0 aliphatic carbocycles. The summed E-state index contributed by atoms with van der Waals surface area (Å²) in [6, 6.07) is 2.13. The van der Waals surface area contributed by atoms with Crippen LogP contribution >= 0.6 is 0 Å². The molecule has 1 heterocycles. The average Bonchev–Trinajstić information content (AvgIpc) is 2.61. The predicted octanol–water partition coefficient (Wildman–Crippen LogP) is -0.218. The summed E-state index contributed by atoms with van der Waals surface area (Å²) < 4.78 is 69.5. The molecule has 3 rings (SSSR count). The SMILES string of the molecule is COC(=O)NN1C(=O)c2cc(S(=O)(=O)O)cc3c(N)c(S(=O)(=O)O)cc(c23)C1=O. The zero-order valence-electron chi connectivity index (χ0n) is 14.2. The first kappa shape index (κ1) is 20.5. The van der Waals surface area contributed by atoms with Gasteiger partial charge >= 0.3 is 6.09 Å². The molecule has 5 N–H and O–H groups in total. The van der Waals surface area contributed by atoms with Gasteiger partial charge in [-0.3, -0.25) is 18.7 Å². The molecule has 29 heavy (non-hydrogen) atoms. The number of hydrogen-bond donors (Lipinski definition) is 4. The molecule has 0 fully saturated rings. The third kappa shape index (κ3) is 3.25. The van der Waals surface area contributed by atoms with Crippen molar-refractivity contribution in [1.29, 1.82) is 0 Å². The van der Waals surface area contributed by atoms with E-state index in [0.29, 0.717) is 12.1 Å². The number of ether oxygens (including phenoxy) is 1. The van der Waals surface area contributed by atoms with E-state index >= 15 is 0 Å². The molecule has 13 nitrogen and oxygen atoms in total. The summed E-state index contributed by atoms with van der Waals surface area (Å²) in [7, 11) is -8.94. The second-order valence-corrected chi connectivity index (χ2v) is 8.54. The number of carbonyl (C=O) groups is 3. The fourth-order valence-corrected chi connectivity index (χ4v) is 3.99. The first-order valence-corrected chi connectivity index (χ1v) is 10.2. The normalized spacial score (nSPS) is 14.2. The Morgan fingerprint density at radius 3 is 2.07 bits per heavy atom. The fourth-order valence-electron chi connectivity index (χ4n) is 2.80. The highest BCUT2D eigenvalue weighted by Crippen LogP contribution is 2.38. The largest absolute Gasteiger partial charge is 0.452 e. The number of nitrogen functional groups attached to an aromatic ring is 1. The molecule has 15 heteroatoms. The summed E-state index contributed by atoms with van der Waals surface area (Å²) in [5.74, 6) is -2.41. The molecule has 0 unspecified atom stereocenters. The average molecular weight is 445 g/mol. The van der Waals surface area contributed by atoms with Crippen LogP contribution < -0.4 is 11.2 Å². The van der Waals surface area contributed by atoms with E-state index in [0.717, 1.165) is 13.2 Å². The van der Waals surface area contributed by atoms with Crippen molar-refractivity contribution in [3.8, 4) is 0 Å². The van der Waals surface area contributed by atoms with E-state index < -0.39 is 70.1 Å². The van der Waals surface area contributed by atoms with Crippen LogP contribution in [0.1, 0.15) is 20.7 Å². The molecule has 0 spiro atoms. The Bertz CT molecular complexity index is 1310. The number of rotatable bonds is 3. The van der Waals surface area contributed by atoms with Gasteiger partial charge in [-0.15, -0.1) is 0 Å². The Morgan fingerprint density at radius 1 is 1.03 bits per heavy atom. The molecule has 0 saturated carbocycles. The van der Waals surface area contributed by atoms with Gasteiger partial charge in [0, 0.05) is 10.8 Å². The molecule has 0 saturated heterocycles. The van der Waals surface area contributed by atoms with Crippen LogP contribution in [0.3, 0.4) is 0 Å². The molecule has 2 aromatic carbocycles. The number of nitrogens with two attached hydrogens (primary N) is 1. The van der Waals surface area contributed by atoms with Crippen molar-refractivity contribution in [3.05, 3.63) is 29.3 Å². The molecule has 1 aliphatic rings. The number of benzene rings is 2. The summed E-state index contributed by atoms with van der Waals surface area (Å²) in [6.45, 7) is 0. The Labute approximate surface area is 162 Å². The van der Waals surface area contributed by atoms with E-state index in [2.05, 4.69) is 4.74 Å².